The highest BCUT2D eigenvalue weighted by Crippen LogP contribution is 2.33. The smallest absolute Gasteiger partial charge is 0.330 e. The van der Waals surface area contributed by atoms with Gasteiger partial charge in [-0.15, -0.1) is 0 Å². The molecule has 0 aliphatic heterocycles. The first-order chi connectivity index (χ1) is 17.9. The van der Waals surface area contributed by atoms with Gasteiger partial charge in [-0.3, -0.25) is 0 Å². The van der Waals surface area contributed by atoms with Crippen molar-refractivity contribution in [3.05, 3.63) is 85.0 Å². The molecule has 0 unspecified atom stereocenters. The van der Waals surface area contributed by atoms with Gasteiger partial charge >= 0.3 is 11.9 Å². The Kier molecular flexibility index (Phi) is 13.0. The van der Waals surface area contributed by atoms with Gasteiger partial charge in [-0.1, -0.05) is 51.3 Å². The van der Waals surface area contributed by atoms with Crippen molar-refractivity contribution < 1.29 is 38.0 Å². The van der Waals surface area contributed by atoms with Crippen LogP contribution in [-0.4, -0.2) is 64.8 Å². The summed E-state index contributed by atoms with van der Waals surface area (Å²) in [6, 6.07) is 16.0. The molecule has 8 heteroatoms. The SMILES string of the molecule is C=CC(=O)OCCOCCOc1ccc(C(C)(C)c2ccc(OCCOCCOC(=O)C=C)cc2)cc1. The van der Waals surface area contributed by atoms with E-state index >= 15 is 0 Å². The first-order valence-corrected chi connectivity index (χ1v) is 12.1. The van der Waals surface area contributed by atoms with Gasteiger partial charge in [0.25, 0.3) is 0 Å². The molecule has 0 heterocycles. The lowest BCUT2D eigenvalue weighted by molar-refractivity contribution is -0.140. The summed E-state index contributed by atoms with van der Waals surface area (Å²) in [4.78, 5) is 21.9. The van der Waals surface area contributed by atoms with Gasteiger partial charge in [0.1, 0.15) is 37.9 Å². The van der Waals surface area contributed by atoms with Crippen LogP contribution in [0.4, 0.5) is 0 Å². The second kappa shape index (κ2) is 16.2. The van der Waals surface area contributed by atoms with Crippen molar-refractivity contribution in [1.29, 1.82) is 0 Å². The lowest BCUT2D eigenvalue weighted by Crippen LogP contribution is -2.19. The van der Waals surface area contributed by atoms with Gasteiger partial charge in [-0.25, -0.2) is 9.59 Å². The Balaban J connectivity index is 1.72. The number of esters is 2. The van der Waals surface area contributed by atoms with Crippen LogP contribution >= 0.6 is 0 Å². The Labute approximate surface area is 218 Å². The number of carbonyl (C=O) groups is 2. The van der Waals surface area contributed by atoms with Gasteiger partial charge in [0.15, 0.2) is 0 Å². The first kappa shape index (κ1) is 29.6. The van der Waals surface area contributed by atoms with Gasteiger partial charge in [0.05, 0.1) is 26.4 Å². The lowest BCUT2D eigenvalue weighted by Gasteiger charge is -2.26. The molecule has 0 aliphatic rings. The van der Waals surface area contributed by atoms with E-state index in [0.717, 1.165) is 34.8 Å². The summed E-state index contributed by atoms with van der Waals surface area (Å²) in [6.45, 7) is 13.6. The fourth-order valence-corrected chi connectivity index (χ4v) is 3.26. The standard InChI is InChI=1S/C29H36O8/c1-5-27(30)36-21-17-32-15-19-34-25-11-7-23(8-12-25)29(3,4)24-9-13-26(14-10-24)35-20-16-33-18-22-37-28(31)6-2/h5-14H,1-2,15-22H2,3-4H3. The third-order valence-electron chi connectivity index (χ3n) is 5.42. The minimum Gasteiger partial charge on any atom is -0.491 e. The van der Waals surface area contributed by atoms with Crippen molar-refractivity contribution in [2.24, 2.45) is 0 Å². The third-order valence-corrected chi connectivity index (χ3v) is 5.42. The molecule has 2 aromatic rings. The molecule has 0 bridgehead atoms. The van der Waals surface area contributed by atoms with E-state index in [1.54, 1.807) is 0 Å². The average Bonchev–Trinajstić information content (AvgIpc) is 2.92. The maximum absolute atomic E-state index is 10.9. The highest BCUT2D eigenvalue weighted by atomic mass is 16.6. The fourth-order valence-electron chi connectivity index (χ4n) is 3.26. The Bertz CT molecular complexity index is 900. The Morgan fingerprint density at radius 1 is 0.622 bits per heavy atom. The van der Waals surface area contributed by atoms with Gasteiger partial charge < -0.3 is 28.4 Å². The molecule has 0 aliphatic carbocycles. The number of ether oxygens (including phenoxy) is 6. The molecule has 200 valence electrons. The molecular formula is C29H36O8. The molecule has 0 aromatic heterocycles. The number of carbonyl (C=O) groups excluding carboxylic acids is 2. The van der Waals surface area contributed by atoms with E-state index in [4.69, 9.17) is 28.4 Å². The summed E-state index contributed by atoms with van der Waals surface area (Å²) >= 11 is 0. The monoisotopic (exact) mass is 512 g/mol. The predicted molar refractivity (Wildman–Crippen MR) is 140 cm³/mol. The van der Waals surface area contributed by atoms with Crippen molar-refractivity contribution in [2.45, 2.75) is 19.3 Å². The molecule has 0 saturated carbocycles. The van der Waals surface area contributed by atoms with E-state index < -0.39 is 11.9 Å². The quantitative estimate of drug-likeness (QED) is 0.166. The van der Waals surface area contributed by atoms with E-state index in [2.05, 4.69) is 51.3 Å². The molecule has 0 radical (unpaired) electrons. The summed E-state index contributed by atoms with van der Waals surface area (Å²) in [5.41, 5.74) is 2.09. The van der Waals surface area contributed by atoms with E-state index in [1.807, 2.05) is 24.3 Å². The highest BCUT2D eigenvalue weighted by molar-refractivity contribution is 5.81. The van der Waals surface area contributed by atoms with E-state index in [1.165, 1.54) is 0 Å². The molecule has 0 fully saturated rings. The lowest BCUT2D eigenvalue weighted by atomic mass is 9.78. The van der Waals surface area contributed by atoms with Crippen LogP contribution in [-0.2, 0) is 34.0 Å². The van der Waals surface area contributed by atoms with Crippen molar-refractivity contribution >= 4 is 11.9 Å². The second-order valence-corrected chi connectivity index (χ2v) is 8.34. The summed E-state index contributed by atoms with van der Waals surface area (Å²) in [5, 5.41) is 0. The molecule has 0 spiro atoms. The normalized spacial score (nSPS) is 10.9. The third kappa shape index (κ3) is 10.9. The van der Waals surface area contributed by atoms with Crippen molar-refractivity contribution in [3.8, 4) is 11.5 Å². The van der Waals surface area contributed by atoms with Crippen LogP contribution in [0.5, 0.6) is 11.5 Å². The zero-order valence-corrected chi connectivity index (χ0v) is 21.6. The average molecular weight is 513 g/mol. The van der Waals surface area contributed by atoms with Crippen molar-refractivity contribution in [2.75, 3.05) is 52.9 Å². The van der Waals surface area contributed by atoms with Crippen LogP contribution < -0.4 is 9.47 Å². The molecule has 37 heavy (non-hydrogen) atoms. The molecule has 2 aromatic carbocycles. The minimum absolute atomic E-state index is 0.187. The second-order valence-electron chi connectivity index (χ2n) is 8.34. The maximum Gasteiger partial charge on any atom is 0.330 e. The van der Waals surface area contributed by atoms with Crippen molar-refractivity contribution in [3.63, 3.8) is 0 Å². The van der Waals surface area contributed by atoms with Gasteiger partial charge in [-0.05, 0) is 35.4 Å². The summed E-state index contributed by atoms with van der Waals surface area (Å²) in [7, 11) is 0. The van der Waals surface area contributed by atoms with Crippen molar-refractivity contribution in [1.82, 2.24) is 0 Å². The summed E-state index contributed by atoms with van der Waals surface area (Å²) in [6.07, 6.45) is 2.24. The molecule has 0 saturated heterocycles. The zero-order valence-electron chi connectivity index (χ0n) is 21.6. The van der Waals surface area contributed by atoms with Crippen LogP contribution in [0.15, 0.2) is 73.8 Å². The van der Waals surface area contributed by atoms with Gasteiger partial charge in [-0.2, -0.15) is 0 Å². The number of hydrogen-bond donors (Lipinski definition) is 0. The number of rotatable bonds is 18. The Morgan fingerprint density at radius 2 is 0.973 bits per heavy atom. The highest BCUT2D eigenvalue weighted by Gasteiger charge is 2.23. The molecule has 8 nitrogen and oxygen atoms in total. The van der Waals surface area contributed by atoms with E-state index in [9.17, 15) is 9.59 Å². The fraction of sp³-hybridized carbons (Fsp3) is 0.379. The predicted octanol–water partition coefficient (Wildman–Crippen LogP) is 4.26. The van der Waals surface area contributed by atoms with Crippen LogP contribution in [0, 0.1) is 0 Å². The van der Waals surface area contributed by atoms with E-state index in [0.29, 0.717) is 39.6 Å². The van der Waals surface area contributed by atoms with Gasteiger partial charge in [0.2, 0.25) is 0 Å². The summed E-state index contributed by atoms with van der Waals surface area (Å²) < 4.78 is 31.9. The minimum atomic E-state index is -0.462. The number of benzene rings is 2. The molecule has 2 rings (SSSR count). The molecule has 0 N–H and O–H groups in total. The van der Waals surface area contributed by atoms with Crippen LogP contribution in [0.1, 0.15) is 25.0 Å². The largest absolute Gasteiger partial charge is 0.491 e. The topological polar surface area (TPSA) is 89.5 Å². The van der Waals surface area contributed by atoms with E-state index in [-0.39, 0.29) is 18.6 Å². The molecule has 0 atom stereocenters. The van der Waals surface area contributed by atoms with Crippen LogP contribution in [0.2, 0.25) is 0 Å². The van der Waals surface area contributed by atoms with Crippen LogP contribution in [0.3, 0.4) is 0 Å². The maximum atomic E-state index is 10.9. The first-order valence-electron chi connectivity index (χ1n) is 12.1. The van der Waals surface area contributed by atoms with Crippen LogP contribution in [0.25, 0.3) is 0 Å². The molecule has 0 amide bonds. The molecular weight excluding hydrogens is 476 g/mol. The Hall–Kier alpha value is -3.62. The summed E-state index contributed by atoms with van der Waals surface area (Å²) in [5.74, 6) is 0.588. The van der Waals surface area contributed by atoms with Gasteiger partial charge in [0, 0.05) is 17.6 Å². The Morgan fingerprint density at radius 3 is 1.32 bits per heavy atom. The number of hydrogen-bond acceptors (Lipinski definition) is 8. The zero-order chi connectivity index (χ0) is 26.9.